The molecule has 2 aliphatic heterocycles. The number of rotatable bonds is 2. The number of imidazole rings is 1. The van der Waals surface area contributed by atoms with E-state index in [-0.39, 0.29) is 5.54 Å². The van der Waals surface area contributed by atoms with E-state index < -0.39 is 0 Å². The normalized spacial score (nSPS) is 30.4. The number of H-pyrrole nitrogens is 1. The molecule has 1 aromatic heterocycles. The number of aromatic amines is 1. The number of aromatic nitrogens is 2. The van der Waals surface area contributed by atoms with Crippen LogP contribution in [0.25, 0.3) is 0 Å². The summed E-state index contributed by atoms with van der Waals surface area (Å²) in [5, 5.41) is 3.67. The smallest absolute Gasteiger partial charge is 0.222 e. The zero-order valence-corrected chi connectivity index (χ0v) is 11.8. The first-order chi connectivity index (χ1) is 9.77. The minimum absolute atomic E-state index is 0.0818. The van der Waals surface area contributed by atoms with Crippen LogP contribution in [0.1, 0.15) is 43.5 Å². The van der Waals surface area contributed by atoms with Gasteiger partial charge in [0.15, 0.2) is 0 Å². The van der Waals surface area contributed by atoms with E-state index in [4.69, 9.17) is 0 Å². The molecule has 20 heavy (non-hydrogen) atoms. The highest BCUT2D eigenvalue weighted by Gasteiger charge is 2.42. The second kappa shape index (κ2) is 4.58. The summed E-state index contributed by atoms with van der Waals surface area (Å²) in [6, 6.07) is 0. The number of hydrogen-bond acceptors (Lipinski definition) is 3. The number of likely N-dealkylation sites (tertiary alicyclic amines) is 1. The maximum atomic E-state index is 12.3. The van der Waals surface area contributed by atoms with Crippen LogP contribution in [0, 0.1) is 5.92 Å². The van der Waals surface area contributed by atoms with Gasteiger partial charge in [0.1, 0.15) is 0 Å². The van der Waals surface area contributed by atoms with Crippen molar-refractivity contribution in [1.82, 2.24) is 20.2 Å². The lowest BCUT2D eigenvalue weighted by Crippen LogP contribution is -2.48. The first-order valence-corrected chi connectivity index (χ1v) is 7.82. The summed E-state index contributed by atoms with van der Waals surface area (Å²) in [6.07, 6.45) is 7.93. The van der Waals surface area contributed by atoms with E-state index in [2.05, 4.69) is 20.2 Å². The lowest BCUT2D eigenvalue weighted by atomic mass is 9.83. The summed E-state index contributed by atoms with van der Waals surface area (Å²) in [5.74, 6) is 1.10. The molecule has 5 nitrogen and oxygen atoms in total. The fourth-order valence-electron chi connectivity index (χ4n) is 3.71. The van der Waals surface area contributed by atoms with Crippen LogP contribution in [-0.2, 0) is 16.8 Å². The first-order valence-electron chi connectivity index (χ1n) is 7.82. The van der Waals surface area contributed by atoms with Crippen molar-refractivity contribution in [2.45, 2.75) is 44.1 Å². The standard InChI is InChI=1S/C15H22N4O/c20-13-3-5-15(6-8-19(13)9-11-1-2-11)14-12(4-7-18-15)16-10-17-14/h10-11,18H,1-9H2,(H,16,17)/t15-/m1/s1. The van der Waals surface area contributed by atoms with Crippen LogP contribution in [0.5, 0.6) is 0 Å². The van der Waals surface area contributed by atoms with Crippen LogP contribution < -0.4 is 5.32 Å². The van der Waals surface area contributed by atoms with Gasteiger partial charge in [0, 0.05) is 38.2 Å². The average molecular weight is 274 g/mol. The van der Waals surface area contributed by atoms with Gasteiger partial charge in [0.25, 0.3) is 0 Å². The zero-order chi connectivity index (χ0) is 13.6. The topological polar surface area (TPSA) is 61.0 Å². The molecule has 1 saturated carbocycles. The lowest BCUT2D eigenvalue weighted by Gasteiger charge is -2.36. The highest BCUT2D eigenvalue weighted by Crippen LogP contribution is 2.37. The summed E-state index contributed by atoms with van der Waals surface area (Å²) in [6.45, 7) is 2.82. The largest absolute Gasteiger partial charge is 0.348 e. The van der Waals surface area contributed by atoms with Crippen LogP contribution in [0.15, 0.2) is 6.33 Å². The monoisotopic (exact) mass is 274 g/mol. The van der Waals surface area contributed by atoms with E-state index in [1.165, 1.54) is 18.5 Å². The maximum absolute atomic E-state index is 12.3. The fraction of sp³-hybridized carbons (Fsp3) is 0.733. The Kier molecular flexibility index (Phi) is 2.84. The van der Waals surface area contributed by atoms with E-state index in [1.807, 2.05) is 0 Å². The van der Waals surface area contributed by atoms with E-state index in [0.29, 0.717) is 12.3 Å². The molecule has 2 N–H and O–H groups in total. The van der Waals surface area contributed by atoms with Gasteiger partial charge >= 0.3 is 0 Å². The molecule has 1 atom stereocenters. The number of hydrogen-bond donors (Lipinski definition) is 2. The van der Waals surface area contributed by atoms with Gasteiger partial charge in [-0.1, -0.05) is 0 Å². The number of amides is 1. The third kappa shape index (κ3) is 2.04. The van der Waals surface area contributed by atoms with Crippen molar-refractivity contribution in [3.63, 3.8) is 0 Å². The molecular formula is C15H22N4O. The number of nitrogens with one attached hydrogen (secondary N) is 2. The van der Waals surface area contributed by atoms with Crippen molar-refractivity contribution < 1.29 is 4.79 Å². The highest BCUT2D eigenvalue weighted by molar-refractivity contribution is 5.76. The average Bonchev–Trinajstić information content (AvgIpc) is 3.17. The number of carbonyl (C=O) groups excluding carboxylic acids is 1. The number of carbonyl (C=O) groups is 1. The van der Waals surface area contributed by atoms with E-state index >= 15 is 0 Å². The Balaban J connectivity index is 1.57. The molecular weight excluding hydrogens is 252 g/mol. The second-order valence-corrected chi connectivity index (χ2v) is 6.52. The van der Waals surface area contributed by atoms with Crippen LogP contribution >= 0.6 is 0 Å². The molecule has 3 heterocycles. The molecule has 0 radical (unpaired) electrons. The minimum atomic E-state index is -0.0818. The molecule has 0 bridgehead atoms. The van der Waals surface area contributed by atoms with Crippen LogP contribution in [0.4, 0.5) is 0 Å². The Hall–Kier alpha value is -1.36. The van der Waals surface area contributed by atoms with Crippen molar-refractivity contribution in [3.05, 3.63) is 17.7 Å². The Morgan fingerprint density at radius 1 is 1.35 bits per heavy atom. The maximum Gasteiger partial charge on any atom is 0.222 e. The van der Waals surface area contributed by atoms with Crippen molar-refractivity contribution in [3.8, 4) is 0 Å². The van der Waals surface area contributed by atoms with Gasteiger partial charge in [-0.3, -0.25) is 4.79 Å². The van der Waals surface area contributed by atoms with Crippen molar-refractivity contribution in [2.75, 3.05) is 19.6 Å². The van der Waals surface area contributed by atoms with Crippen LogP contribution in [0.3, 0.4) is 0 Å². The summed E-state index contributed by atoms with van der Waals surface area (Å²) in [4.78, 5) is 22.2. The quantitative estimate of drug-likeness (QED) is 0.851. The Morgan fingerprint density at radius 2 is 2.25 bits per heavy atom. The molecule has 3 aliphatic rings. The van der Waals surface area contributed by atoms with Gasteiger partial charge in [-0.05, 0) is 31.6 Å². The SMILES string of the molecule is O=C1CC[C@]2(CCN1CC1CC1)NCCc1[nH]cnc12. The van der Waals surface area contributed by atoms with Crippen LogP contribution in [-0.4, -0.2) is 40.4 Å². The van der Waals surface area contributed by atoms with Gasteiger partial charge in [-0.15, -0.1) is 0 Å². The Morgan fingerprint density at radius 3 is 3.10 bits per heavy atom. The molecule has 1 amide bonds. The Labute approximate surface area is 119 Å². The van der Waals surface area contributed by atoms with Crippen molar-refractivity contribution in [2.24, 2.45) is 5.92 Å². The molecule has 4 rings (SSSR count). The number of nitrogens with zero attached hydrogens (tertiary/aromatic N) is 2. The third-order valence-corrected chi connectivity index (χ3v) is 5.11. The van der Waals surface area contributed by atoms with E-state index in [1.54, 1.807) is 6.33 Å². The molecule has 5 heteroatoms. The lowest BCUT2D eigenvalue weighted by molar-refractivity contribution is -0.130. The molecule has 2 fully saturated rings. The summed E-state index contributed by atoms with van der Waals surface area (Å²) in [7, 11) is 0. The predicted octanol–water partition coefficient (Wildman–Crippen LogP) is 1.17. The summed E-state index contributed by atoms with van der Waals surface area (Å²) >= 11 is 0. The zero-order valence-electron chi connectivity index (χ0n) is 11.8. The minimum Gasteiger partial charge on any atom is -0.348 e. The van der Waals surface area contributed by atoms with Gasteiger partial charge in [-0.2, -0.15) is 0 Å². The van der Waals surface area contributed by atoms with Crippen molar-refractivity contribution in [1.29, 1.82) is 0 Å². The summed E-state index contributed by atoms with van der Waals surface area (Å²) < 4.78 is 0. The molecule has 1 aromatic rings. The molecule has 0 unspecified atom stereocenters. The Bertz CT molecular complexity index is 522. The highest BCUT2D eigenvalue weighted by atomic mass is 16.2. The van der Waals surface area contributed by atoms with E-state index in [0.717, 1.165) is 50.5 Å². The van der Waals surface area contributed by atoms with Gasteiger partial charge in [0.05, 0.1) is 17.6 Å². The van der Waals surface area contributed by atoms with Crippen molar-refractivity contribution >= 4 is 5.91 Å². The first kappa shape index (κ1) is 12.4. The number of fused-ring (bicyclic) bond motifs is 2. The third-order valence-electron chi connectivity index (χ3n) is 5.11. The van der Waals surface area contributed by atoms with Gasteiger partial charge < -0.3 is 15.2 Å². The molecule has 1 aliphatic carbocycles. The fourth-order valence-corrected chi connectivity index (χ4v) is 3.71. The molecule has 0 aromatic carbocycles. The predicted molar refractivity (Wildman–Crippen MR) is 75.1 cm³/mol. The van der Waals surface area contributed by atoms with Gasteiger partial charge in [0.2, 0.25) is 5.91 Å². The van der Waals surface area contributed by atoms with Crippen LogP contribution in [0.2, 0.25) is 0 Å². The summed E-state index contributed by atoms with van der Waals surface area (Å²) in [5.41, 5.74) is 2.33. The molecule has 1 spiro atoms. The molecule has 108 valence electrons. The second-order valence-electron chi connectivity index (χ2n) is 6.52. The molecule has 1 saturated heterocycles. The van der Waals surface area contributed by atoms with Gasteiger partial charge in [-0.25, -0.2) is 4.98 Å². The van der Waals surface area contributed by atoms with E-state index in [9.17, 15) is 4.79 Å².